The van der Waals surface area contributed by atoms with Crippen LogP contribution < -0.4 is 15.5 Å². The maximum Gasteiger partial charge on any atom is 0.169 e. The first-order valence-corrected chi connectivity index (χ1v) is 9.34. The lowest BCUT2D eigenvalue weighted by molar-refractivity contribution is 0.328. The average Bonchev–Trinajstić information content (AvgIpc) is 3.21. The van der Waals surface area contributed by atoms with Crippen molar-refractivity contribution in [2.75, 3.05) is 19.0 Å². The van der Waals surface area contributed by atoms with Crippen molar-refractivity contribution < 1.29 is 4.74 Å². The van der Waals surface area contributed by atoms with Crippen LogP contribution in [0.15, 0.2) is 52.7 Å². The second kappa shape index (κ2) is 6.94. The molecule has 1 unspecified atom stereocenters. The van der Waals surface area contributed by atoms with Crippen molar-refractivity contribution in [2.45, 2.75) is 24.9 Å². The summed E-state index contributed by atoms with van der Waals surface area (Å²) in [4.78, 5) is 13.3. The van der Waals surface area contributed by atoms with E-state index < -0.39 is 0 Å². The zero-order valence-electron chi connectivity index (χ0n) is 15.8. The molecule has 146 valence electrons. The van der Waals surface area contributed by atoms with Crippen molar-refractivity contribution in [1.29, 1.82) is 5.26 Å². The highest BCUT2D eigenvalue weighted by Crippen LogP contribution is 2.27. The number of hydrogen-bond acceptors (Lipinski definition) is 9. The van der Waals surface area contributed by atoms with Gasteiger partial charge in [0.25, 0.3) is 0 Å². The molecule has 1 aliphatic carbocycles. The molecular weight excluding hydrogens is 370 g/mol. The Bertz CT molecular complexity index is 1060. The predicted molar refractivity (Wildman–Crippen MR) is 107 cm³/mol. The molecule has 3 heterocycles. The Morgan fingerprint density at radius 3 is 2.97 bits per heavy atom. The molecule has 0 bridgehead atoms. The molecule has 2 aliphatic heterocycles. The van der Waals surface area contributed by atoms with Crippen LogP contribution in [0.4, 0.5) is 5.69 Å². The quantitative estimate of drug-likeness (QED) is 0.791. The molecule has 2 N–H and O–H groups in total. The van der Waals surface area contributed by atoms with Crippen LogP contribution in [0.3, 0.4) is 0 Å². The molecule has 1 aromatic carbocycles. The van der Waals surface area contributed by atoms with Crippen LogP contribution in [0.25, 0.3) is 5.69 Å². The van der Waals surface area contributed by atoms with Gasteiger partial charge in [-0.25, -0.2) is 14.7 Å². The Labute approximate surface area is 167 Å². The molecule has 0 spiro atoms. The van der Waals surface area contributed by atoms with Crippen molar-refractivity contribution >= 4 is 17.2 Å². The first-order chi connectivity index (χ1) is 14.2. The number of hydrogen-bond donors (Lipinski definition) is 2. The Hall–Kier alpha value is -3.87. The van der Waals surface area contributed by atoms with E-state index in [1.807, 2.05) is 24.3 Å². The van der Waals surface area contributed by atoms with Crippen LogP contribution in [0.2, 0.25) is 0 Å². The summed E-state index contributed by atoms with van der Waals surface area (Å²) in [5.41, 5.74) is 5.66. The summed E-state index contributed by atoms with van der Waals surface area (Å²) < 4.78 is 7.09. The van der Waals surface area contributed by atoms with Gasteiger partial charge in [-0.1, -0.05) is 0 Å². The van der Waals surface area contributed by atoms with E-state index in [1.54, 1.807) is 23.1 Å². The molecule has 0 radical (unpaired) electrons. The van der Waals surface area contributed by atoms with Crippen molar-refractivity contribution in [3.8, 4) is 17.5 Å². The highest BCUT2D eigenvalue weighted by atomic mass is 16.5. The van der Waals surface area contributed by atoms with Gasteiger partial charge in [0.05, 0.1) is 31.5 Å². The van der Waals surface area contributed by atoms with Crippen molar-refractivity contribution in [3.63, 3.8) is 0 Å². The number of amidine groups is 1. The Kier molecular flexibility index (Phi) is 4.13. The van der Waals surface area contributed by atoms with Crippen LogP contribution in [-0.4, -0.2) is 57.1 Å². The molecule has 0 saturated heterocycles. The van der Waals surface area contributed by atoms with Crippen LogP contribution in [0, 0.1) is 11.3 Å². The number of aliphatic imine (C=N–C) groups is 2. The van der Waals surface area contributed by atoms with Gasteiger partial charge in [-0.15, -0.1) is 0 Å². The van der Waals surface area contributed by atoms with Gasteiger partial charge in [-0.3, -0.25) is 15.4 Å². The number of nitrogens with zero attached hydrogens (tertiary/aromatic N) is 7. The van der Waals surface area contributed by atoms with Crippen LogP contribution in [-0.2, 0) is 0 Å². The smallest absolute Gasteiger partial charge is 0.169 e. The minimum atomic E-state index is -0.365. The minimum absolute atomic E-state index is 0.349. The Balaban J connectivity index is 1.47. The summed E-state index contributed by atoms with van der Waals surface area (Å²) in [5, 5.41) is 18.8. The number of ether oxygens (including phenoxy) is 1. The largest absolute Gasteiger partial charge is 0.497 e. The monoisotopic (exact) mass is 389 g/mol. The number of nitrogens with one attached hydrogen (secondary N) is 2. The zero-order chi connectivity index (χ0) is 19.8. The van der Waals surface area contributed by atoms with Crippen molar-refractivity contribution in [2.24, 2.45) is 9.98 Å². The number of aromatic nitrogens is 3. The summed E-state index contributed by atoms with van der Waals surface area (Å²) in [7, 11) is 1.62. The topological polar surface area (TPSA) is 116 Å². The summed E-state index contributed by atoms with van der Waals surface area (Å²) in [5.74, 6) is 2.12. The first-order valence-electron chi connectivity index (χ1n) is 9.34. The normalized spacial score (nSPS) is 21.7. The summed E-state index contributed by atoms with van der Waals surface area (Å²) in [6.07, 6.45) is 7.23. The van der Waals surface area contributed by atoms with Crippen LogP contribution >= 0.6 is 0 Å². The predicted octanol–water partition coefficient (Wildman–Crippen LogP) is 1.26. The summed E-state index contributed by atoms with van der Waals surface area (Å²) >= 11 is 0. The van der Waals surface area contributed by atoms with Gasteiger partial charge in [0, 0.05) is 23.9 Å². The second-order valence-corrected chi connectivity index (χ2v) is 6.98. The average molecular weight is 389 g/mol. The van der Waals surface area contributed by atoms with Gasteiger partial charge in [0.15, 0.2) is 11.9 Å². The fourth-order valence-electron chi connectivity index (χ4n) is 3.24. The minimum Gasteiger partial charge on any atom is -0.497 e. The van der Waals surface area contributed by atoms with E-state index in [0.29, 0.717) is 24.2 Å². The number of fused-ring (bicyclic) bond motifs is 1. The molecule has 5 rings (SSSR count). The Morgan fingerprint density at radius 2 is 2.24 bits per heavy atom. The third-order valence-corrected chi connectivity index (χ3v) is 4.81. The first kappa shape index (κ1) is 17.2. The van der Waals surface area contributed by atoms with E-state index in [1.165, 1.54) is 6.33 Å². The molecule has 2 aromatic rings. The van der Waals surface area contributed by atoms with Gasteiger partial charge in [-0.2, -0.15) is 10.4 Å². The molecule has 1 aromatic heterocycles. The lowest BCUT2D eigenvalue weighted by atomic mass is 10.2. The number of methoxy groups -OCH3 is 1. The van der Waals surface area contributed by atoms with Gasteiger partial charge in [0.1, 0.15) is 29.9 Å². The standard InChI is InChI=1S/C19H19N9O/c1-29-16-5-13(4-14(6-16)27-11-21-10-23-27)25-18-7-17(24-12-2-3-12)19-22-9-15(8-20)28(19)26-18/h4-7,10-12,15,25-26H,2-3,9H2,1H3. The van der Waals surface area contributed by atoms with Crippen molar-refractivity contribution in [3.05, 3.63) is 42.8 Å². The molecule has 0 amide bonds. The van der Waals surface area contributed by atoms with Gasteiger partial charge in [0.2, 0.25) is 0 Å². The third-order valence-electron chi connectivity index (χ3n) is 4.81. The van der Waals surface area contributed by atoms with Crippen molar-refractivity contribution in [1.82, 2.24) is 25.2 Å². The zero-order valence-corrected chi connectivity index (χ0v) is 15.8. The number of anilines is 1. The second-order valence-electron chi connectivity index (χ2n) is 6.98. The number of hydrazine groups is 1. The van der Waals surface area contributed by atoms with Crippen LogP contribution in [0.5, 0.6) is 5.75 Å². The summed E-state index contributed by atoms with van der Waals surface area (Å²) in [6, 6.07) is 7.96. The third kappa shape index (κ3) is 3.38. The molecule has 10 nitrogen and oxygen atoms in total. The molecule has 3 aliphatic rings. The fourth-order valence-corrected chi connectivity index (χ4v) is 3.24. The van der Waals surface area contributed by atoms with Gasteiger partial charge >= 0.3 is 0 Å². The number of benzene rings is 1. The van der Waals surface area contributed by atoms with E-state index in [2.05, 4.69) is 31.9 Å². The highest BCUT2D eigenvalue weighted by molar-refractivity contribution is 6.46. The number of rotatable bonds is 5. The Morgan fingerprint density at radius 1 is 1.34 bits per heavy atom. The SMILES string of the molecule is COc1cc(NC2=CC(=NC3CC3)C3=NCC(C#N)N3N2)cc(-n2cncn2)c1. The van der Waals surface area contributed by atoms with E-state index in [9.17, 15) is 5.26 Å². The maximum atomic E-state index is 9.45. The lowest BCUT2D eigenvalue weighted by Gasteiger charge is -2.31. The van der Waals surface area contributed by atoms with E-state index in [4.69, 9.17) is 9.73 Å². The van der Waals surface area contributed by atoms with E-state index >= 15 is 0 Å². The molecule has 29 heavy (non-hydrogen) atoms. The van der Waals surface area contributed by atoms with Gasteiger partial charge < -0.3 is 10.1 Å². The fraction of sp³-hybridized carbons (Fsp3) is 0.316. The lowest BCUT2D eigenvalue weighted by Crippen LogP contribution is -2.52. The molecule has 10 heteroatoms. The number of nitriles is 1. The maximum absolute atomic E-state index is 9.45. The molecular formula is C19H19N9O. The molecule has 1 fully saturated rings. The summed E-state index contributed by atoms with van der Waals surface area (Å²) in [6.45, 7) is 0.430. The molecule has 1 atom stereocenters. The van der Waals surface area contributed by atoms with Crippen LogP contribution in [0.1, 0.15) is 12.8 Å². The highest BCUT2D eigenvalue weighted by Gasteiger charge is 2.35. The van der Waals surface area contributed by atoms with E-state index in [-0.39, 0.29) is 6.04 Å². The molecule has 1 saturated carbocycles. The van der Waals surface area contributed by atoms with Gasteiger partial charge in [-0.05, 0) is 18.9 Å². The van der Waals surface area contributed by atoms with E-state index in [0.717, 1.165) is 35.8 Å².